The largest absolute Gasteiger partial charge is 0.349 e. The smallest absolute Gasteiger partial charge is 0.251 e. The summed E-state index contributed by atoms with van der Waals surface area (Å²) in [7, 11) is 2.01. The molecule has 0 saturated heterocycles. The molecule has 1 amide bonds. The summed E-state index contributed by atoms with van der Waals surface area (Å²) in [5.74, 6) is 0.0479. The maximum Gasteiger partial charge on any atom is 0.251 e. The first-order valence-corrected chi connectivity index (χ1v) is 7.63. The molecule has 3 nitrogen and oxygen atoms in total. The van der Waals surface area contributed by atoms with Crippen LogP contribution in [-0.2, 0) is 0 Å². The fourth-order valence-corrected chi connectivity index (χ4v) is 2.99. The van der Waals surface area contributed by atoms with E-state index in [-0.39, 0.29) is 5.91 Å². The lowest BCUT2D eigenvalue weighted by atomic mass is 9.91. The first-order chi connectivity index (χ1) is 9.10. The van der Waals surface area contributed by atoms with Crippen molar-refractivity contribution in [1.29, 1.82) is 0 Å². The van der Waals surface area contributed by atoms with Gasteiger partial charge in [0.2, 0.25) is 0 Å². The molecule has 0 unspecified atom stereocenters. The second kappa shape index (κ2) is 6.53. The molecule has 1 aliphatic carbocycles. The monoisotopic (exact) mass is 324 g/mol. The molecule has 1 aromatic carbocycles. The predicted octanol–water partition coefficient (Wildman–Crippen LogP) is 3.02. The van der Waals surface area contributed by atoms with Crippen LogP contribution < -0.4 is 10.6 Å². The second-order valence-corrected chi connectivity index (χ2v) is 6.19. The fourth-order valence-electron chi connectivity index (χ4n) is 2.63. The number of carbonyl (C=O) groups is 1. The van der Waals surface area contributed by atoms with Crippen molar-refractivity contribution in [3.8, 4) is 0 Å². The number of nitrogens with one attached hydrogen (secondary N) is 2. The zero-order valence-corrected chi connectivity index (χ0v) is 13.1. The normalized spacial score (nSPS) is 23.1. The Balaban J connectivity index is 1.96. The van der Waals surface area contributed by atoms with E-state index in [2.05, 4.69) is 26.6 Å². The van der Waals surface area contributed by atoms with E-state index in [9.17, 15) is 4.79 Å². The van der Waals surface area contributed by atoms with Crippen LogP contribution >= 0.6 is 15.9 Å². The van der Waals surface area contributed by atoms with Gasteiger partial charge in [-0.05, 0) is 57.4 Å². The number of rotatable bonds is 3. The van der Waals surface area contributed by atoms with Crippen LogP contribution in [0.4, 0.5) is 0 Å². The van der Waals surface area contributed by atoms with E-state index in [1.807, 2.05) is 32.2 Å². The molecule has 0 aromatic heterocycles. The quantitative estimate of drug-likeness (QED) is 0.897. The lowest BCUT2D eigenvalue weighted by Gasteiger charge is -2.29. The van der Waals surface area contributed by atoms with E-state index in [4.69, 9.17) is 0 Å². The van der Waals surface area contributed by atoms with E-state index in [1.165, 1.54) is 0 Å². The van der Waals surface area contributed by atoms with Crippen molar-refractivity contribution in [1.82, 2.24) is 10.6 Å². The average Bonchev–Trinajstić information content (AvgIpc) is 2.42. The van der Waals surface area contributed by atoms with Crippen LogP contribution in [0.5, 0.6) is 0 Å². The van der Waals surface area contributed by atoms with Crippen molar-refractivity contribution in [3.63, 3.8) is 0 Å². The highest BCUT2D eigenvalue weighted by Gasteiger charge is 2.22. The van der Waals surface area contributed by atoms with Crippen molar-refractivity contribution < 1.29 is 4.79 Å². The molecule has 0 spiro atoms. The summed E-state index contributed by atoms with van der Waals surface area (Å²) in [6.07, 6.45) is 4.40. The van der Waals surface area contributed by atoms with Crippen molar-refractivity contribution >= 4 is 21.8 Å². The predicted molar refractivity (Wildman–Crippen MR) is 81.4 cm³/mol. The molecule has 0 bridgehead atoms. The van der Waals surface area contributed by atoms with E-state index >= 15 is 0 Å². The molecule has 104 valence electrons. The van der Waals surface area contributed by atoms with Crippen LogP contribution in [0.15, 0.2) is 22.7 Å². The van der Waals surface area contributed by atoms with Crippen molar-refractivity contribution in [2.75, 3.05) is 7.05 Å². The first kappa shape index (κ1) is 14.5. The molecule has 0 radical (unpaired) electrons. The van der Waals surface area contributed by atoms with E-state index < -0.39 is 0 Å². The highest BCUT2D eigenvalue weighted by Crippen LogP contribution is 2.20. The van der Waals surface area contributed by atoms with Crippen LogP contribution in [0.3, 0.4) is 0 Å². The zero-order chi connectivity index (χ0) is 13.8. The third-order valence-corrected chi connectivity index (χ3v) is 4.41. The van der Waals surface area contributed by atoms with Gasteiger partial charge in [-0.25, -0.2) is 0 Å². The highest BCUT2D eigenvalue weighted by molar-refractivity contribution is 9.10. The summed E-state index contributed by atoms with van der Waals surface area (Å²) in [6.45, 7) is 1.97. The van der Waals surface area contributed by atoms with Gasteiger partial charge < -0.3 is 10.6 Å². The Morgan fingerprint density at radius 1 is 1.21 bits per heavy atom. The van der Waals surface area contributed by atoms with Crippen molar-refractivity contribution in [2.24, 2.45) is 0 Å². The van der Waals surface area contributed by atoms with Gasteiger partial charge in [0.25, 0.3) is 5.91 Å². The summed E-state index contributed by atoms with van der Waals surface area (Å²) in [5.41, 5.74) is 1.79. The number of carbonyl (C=O) groups excluding carboxylic acids is 1. The van der Waals surface area contributed by atoms with Gasteiger partial charge >= 0.3 is 0 Å². The van der Waals surface area contributed by atoms with E-state index in [0.717, 1.165) is 41.3 Å². The van der Waals surface area contributed by atoms with Gasteiger partial charge in [0, 0.05) is 22.1 Å². The van der Waals surface area contributed by atoms with Gasteiger partial charge in [-0.2, -0.15) is 0 Å². The van der Waals surface area contributed by atoms with Gasteiger partial charge in [0.15, 0.2) is 0 Å². The molecule has 0 atom stereocenters. The molecule has 1 aliphatic rings. The lowest BCUT2D eigenvalue weighted by molar-refractivity contribution is 0.0924. The Kier molecular flexibility index (Phi) is 4.99. The number of halogens is 1. The minimum absolute atomic E-state index is 0.0479. The van der Waals surface area contributed by atoms with Crippen LogP contribution in [0.2, 0.25) is 0 Å². The molecule has 1 aromatic rings. The minimum Gasteiger partial charge on any atom is -0.349 e. The van der Waals surface area contributed by atoms with Crippen LogP contribution in [0.1, 0.15) is 41.6 Å². The van der Waals surface area contributed by atoms with Crippen LogP contribution in [0.25, 0.3) is 0 Å². The lowest BCUT2D eigenvalue weighted by Crippen LogP contribution is -2.41. The molecule has 2 N–H and O–H groups in total. The maximum atomic E-state index is 12.3. The van der Waals surface area contributed by atoms with Gasteiger partial charge in [0.1, 0.15) is 0 Å². The van der Waals surface area contributed by atoms with E-state index in [1.54, 1.807) is 0 Å². The average molecular weight is 325 g/mol. The third kappa shape index (κ3) is 3.80. The Hall–Kier alpha value is -0.870. The van der Waals surface area contributed by atoms with E-state index in [0.29, 0.717) is 12.1 Å². The van der Waals surface area contributed by atoms with Crippen molar-refractivity contribution in [3.05, 3.63) is 33.8 Å². The molecule has 2 rings (SSSR count). The molecular weight excluding hydrogens is 304 g/mol. The minimum atomic E-state index is 0.0479. The fraction of sp³-hybridized carbons (Fsp3) is 0.533. The van der Waals surface area contributed by atoms with Gasteiger partial charge in [-0.3, -0.25) is 4.79 Å². The SMILES string of the molecule is CNC1CCC(NC(=O)c2cc(Br)ccc2C)CC1. The first-order valence-electron chi connectivity index (χ1n) is 6.84. The summed E-state index contributed by atoms with van der Waals surface area (Å²) < 4.78 is 0.946. The Bertz CT molecular complexity index is 453. The van der Waals surface area contributed by atoms with Crippen molar-refractivity contribution in [2.45, 2.75) is 44.7 Å². The zero-order valence-electron chi connectivity index (χ0n) is 11.5. The molecule has 1 saturated carbocycles. The Morgan fingerprint density at radius 2 is 1.84 bits per heavy atom. The number of hydrogen-bond donors (Lipinski definition) is 2. The topological polar surface area (TPSA) is 41.1 Å². The summed E-state index contributed by atoms with van der Waals surface area (Å²) >= 11 is 3.42. The Morgan fingerprint density at radius 3 is 2.47 bits per heavy atom. The summed E-state index contributed by atoms with van der Waals surface area (Å²) in [6, 6.07) is 6.75. The maximum absolute atomic E-state index is 12.3. The summed E-state index contributed by atoms with van der Waals surface area (Å²) in [5, 5.41) is 6.47. The molecule has 4 heteroatoms. The molecule has 1 fully saturated rings. The number of aryl methyl sites for hydroxylation is 1. The summed E-state index contributed by atoms with van der Waals surface area (Å²) in [4.78, 5) is 12.3. The molecule has 19 heavy (non-hydrogen) atoms. The van der Waals surface area contributed by atoms with Gasteiger partial charge in [0.05, 0.1) is 0 Å². The van der Waals surface area contributed by atoms with Gasteiger partial charge in [-0.1, -0.05) is 22.0 Å². The standard InChI is InChI=1S/C15H21BrN2O/c1-10-3-4-11(16)9-14(10)15(19)18-13-7-5-12(17-2)6-8-13/h3-4,9,12-13,17H,5-8H2,1-2H3,(H,18,19). The van der Waals surface area contributed by atoms with Gasteiger partial charge in [-0.15, -0.1) is 0 Å². The number of hydrogen-bond acceptors (Lipinski definition) is 2. The molecular formula is C15H21BrN2O. The number of benzene rings is 1. The molecule has 0 aliphatic heterocycles. The Labute approximate surface area is 123 Å². The van der Waals surface area contributed by atoms with Crippen LogP contribution in [-0.4, -0.2) is 25.0 Å². The number of amides is 1. The second-order valence-electron chi connectivity index (χ2n) is 5.27. The third-order valence-electron chi connectivity index (χ3n) is 3.91. The van der Waals surface area contributed by atoms with Crippen LogP contribution in [0, 0.1) is 6.92 Å². The molecule has 0 heterocycles. The highest BCUT2D eigenvalue weighted by atomic mass is 79.9.